The van der Waals surface area contributed by atoms with Gasteiger partial charge in [-0.25, -0.2) is 0 Å². The van der Waals surface area contributed by atoms with Crippen molar-refractivity contribution in [2.75, 3.05) is 0 Å². The first kappa shape index (κ1) is 25.8. The molecule has 1 aromatic heterocycles. The van der Waals surface area contributed by atoms with Crippen molar-refractivity contribution in [1.29, 1.82) is 5.26 Å². The van der Waals surface area contributed by atoms with E-state index >= 15 is 0 Å². The normalized spacial score (nSPS) is 12.0. The molecule has 0 unspecified atom stereocenters. The monoisotopic (exact) mass is 596 g/mol. The van der Waals surface area contributed by atoms with E-state index in [0.717, 1.165) is 44.5 Å². The van der Waals surface area contributed by atoms with Crippen LogP contribution in [0.25, 0.3) is 87.6 Å². The van der Waals surface area contributed by atoms with Crippen molar-refractivity contribution < 1.29 is 4.74 Å². The minimum atomic E-state index is 0.594. The summed E-state index contributed by atoms with van der Waals surface area (Å²) in [6, 6.07) is 49.7. The average Bonchev–Trinajstić information content (AvgIpc) is 3.14. The van der Waals surface area contributed by atoms with Crippen LogP contribution in [0.5, 0.6) is 11.5 Å². The zero-order chi connectivity index (χ0) is 31.1. The number of aromatic nitrogens is 1. The van der Waals surface area contributed by atoms with Gasteiger partial charge in [-0.2, -0.15) is 5.26 Å². The van der Waals surface area contributed by atoms with Gasteiger partial charge in [-0.3, -0.25) is 4.98 Å². The summed E-state index contributed by atoms with van der Waals surface area (Å²) >= 11 is 0. The van der Waals surface area contributed by atoms with Gasteiger partial charge in [-0.05, 0) is 126 Å². The van der Waals surface area contributed by atoms with E-state index < -0.39 is 0 Å². The number of benzene rings is 8. The zero-order valence-electron chi connectivity index (χ0n) is 25.2. The predicted molar refractivity (Wildman–Crippen MR) is 192 cm³/mol. The first-order chi connectivity index (χ1) is 23.2. The van der Waals surface area contributed by atoms with Gasteiger partial charge < -0.3 is 4.74 Å². The Labute approximate surface area is 270 Å². The van der Waals surface area contributed by atoms with Crippen LogP contribution in [0.15, 0.2) is 146 Å². The van der Waals surface area contributed by atoms with Crippen molar-refractivity contribution in [3.8, 4) is 62.1 Å². The molecule has 0 spiro atoms. The molecule has 8 aromatic carbocycles. The summed E-state index contributed by atoms with van der Waals surface area (Å²) in [5.41, 5.74) is 9.77. The third-order valence-electron chi connectivity index (χ3n) is 9.68. The topological polar surface area (TPSA) is 45.9 Å². The molecule has 9 aromatic rings. The number of nitriles is 1. The maximum Gasteiger partial charge on any atom is 0.136 e. The molecule has 2 heterocycles. The molecule has 0 bridgehead atoms. The van der Waals surface area contributed by atoms with Gasteiger partial charge >= 0.3 is 0 Å². The molecule has 216 valence electrons. The highest BCUT2D eigenvalue weighted by atomic mass is 16.5. The summed E-state index contributed by atoms with van der Waals surface area (Å²) in [6.45, 7) is 0. The van der Waals surface area contributed by atoms with E-state index in [1.165, 1.54) is 54.6 Å². The van der Waals surface area contributed by atoms with E-state index in [4.69, 9.17) is 4.74 Å². The largest absolute Gasteiger partial charge is 0.456 e. The summed E-state index contributed by atoms with van der Waals surface area (Å²) in [6.07, 6.45) is 3.74. The van der Waals surface area contributed by atoms with Crippen LogP contribution in [0.1, 0.15) is 5.56 Å². The quantitative estimate of drug-likeness (QED) is 0.191. The summed E-state index contributed by atoms with van der Waals surface area (Å²) in [5, 5.41) is 19.3. The van der Waals surface area contributed by atoms with Crippen LogP contribution in [-0.4, -0.2) is 4.98 Å². The predicted octanol–water partition coefficient (Wildman–Crippen LogP) is 11.8. The highest BCUT2D eigenvalue weighted by Crippen LogP contribution is 2.49. The molecule has 0 aliphatic carbocycles. The van der Waals surface area contributed by atoms with Crippen LogP contribution >= 0.6 is 0 Å². The molecule has 3 nitrogen and oxygen atoms in total. The highest BCUT2D eigenvalue weighted by molar-refractivity contribution is 6.24. The second-order valence-corrected chi connectivity index (χ2v) is 12.3. The molecule has 0 amide bonds. The number of rotatable bonds is 3. The lowest BCUT2D eigenvalue weighted by Crippen LogP contribution is -1.98. The number of hydrogen-bond donors (Lipinski definition) is 0. The number of nitrogens with zero attached hydrogens (tertiary/aromatic N) is 2. The average molecular weight is 597 g/mol. The van der Waals surface area contributed by atoms with Crippen LogP contribution in [0.3, 0.4) is 0 Å². The second kappa shape index (κ2) is 9.75. The third-order valence-corrected chi connectivity index (χ3v) is 9.68. The zero-order valence-corrected chi connectivity index (χ0v) is 25.2. The van der Waals surface area contributed by atoms with Gasteiger partial charge in [0.15, 0.2) is 0 Å². The van der Waals surface area contributed by atoms with Crippen molar-refractivity contribution in [1.82, 2.24) is 4.98 Å². The molecule has 0 saturated heterocycles. The van der Waals surface area contributed by atoms with E-state index in [2.05, 4.69) is 108 Å². The lowest BCUT2D eigenvalue weighted by molar-refractivity contribution is 0.487. The molecule has 0 saturated carbocycles. The van der Waals surface area contributed by atoms with Crippen LogP contribution in [0.4, 0.5) is 0 Å². The number of ether oxygens (including phenoxy) is 1. The maximum absolute atomic E-state index is 9.39. The maximum atomic E-state index is 9.39. The number of pyridine rings is 1. The SMILES string of the molecule is N#Cc1ccc2c(c1)Oc1cccc3c(-c4ccc(-c5cc6ccc7cc(-c8cccnc8)cc8ccc(c5)c6c78)cc4)ccc-2c13. The fourth-order valence-electron chi connectivity index (χ4n) is 7.50. The van der Waals surface area contributed by atoms with Crippen molar-refractivity contribution in [2.24, 2.45) is 0 Å². The molecule has 0 N–H and O–H groups in total. The van der Waals surface area contributed by atoms with Gasteiger partial charge in [-0.15, -0.1) is 0 Å². The summed E-state index contributed by atoms with van der Waals surface area (Å²) in [7, 11) is 0. The molecule has 3 heteroatoms. The van der Waals surface area contributed by atoms with E-state index in [9.17, 15) is 5.26 Å². The molecule has 1 aliphatic rings. The molecule has 10 rings (SSSR count). The van der Waals surface area contributed by atoms with E-state index in [-0.39, 0.29) is 0 Å². The van der Waals surface area contributed by atoms with E-state index in [0.29, 0.717) is 5.56 Å². The Balaban J connectivity index is 1.05. The number of fused-ring (bicyclic) bond motifs is 2. The van der Waals surface area contributed by atoms with Gasteiger partial charge in [0.25, 0.3) is 0 Å². The van der Waals surface area contributed by atoms with Gasteiger partial charge in [0, 0.05) is 28.9 Å². The molecule has 1 aliphatic heterocycles. The number of hydrogen-bond acceptors (Lipinski definition) is 3. The molecule has 0 atom stereocenters. The lowest BCUT2D eigenvalue weighted by atomic mass is 9.88. The van der Waals surface area contributed by atoms with Gasteiger partial charge in [0.2, 0.25) is 0 Å². The standard InChI is InChI=1S/C44H24N2O/c45-24-26-6-15-37-39-17-16-36(38-4-1-5-40(44(38)39)47-41(37)19-26)28-9-7-27(8-10-28)34-20-29-11-13-31-22-35(33-3-2-18-46-25-33)23-32-14-12-30(21-34)42(29)43(31)32/h1-23,25H. The van der Waals surface area contributed by atoms with Gasteiger partial charge in [0.05, 0.1) is 11.6 Å². The van der Waals surface area contributed by atoms with Gasteiger partial charge in [0.1, 0.15) is 11.5 Å². The van der Waals surface area contributed by atoms with Crippen LogP contribution in [-0.2, 0) is 0 Å². The Hall–Kier alpha value is -6.50. The minimum absolute atomic E-state index is 0.594. The Morgan fingerprint density at radius 2 is 1.11 bits per heavy atom. The van der Waals surface area contributed by atoms with Crippen LogP contribution in [0, 0.1) is 11.3 Å². The Kier molecular flexibility index (Phi) is 5.35. The summed E-state index contributed by atoms with van der Waals surface area (Å²) in [4.78, 5) is 4.33. The molecule has 0 radical (unpaired) electrons. The van der Waals surface area contributed by atoms with Gasteiger partial charge in [-0.1, -0.05) is 78.9 Å². The van der Waals surface area contributed by atoms with Crippen LogP contribution < -0.4 is 4.74 Å². The molecular weight excluding hydrogens is 572 g/mol. The van der Waals surface area contributed by atoms with Crippen LogP contribution in [0.2, 0.25) is 0 Å². The summed E-state index contributed by atoms with van der Waals surface area (Å²) < 4.78 is 6.31. The Morgan fingerprint density at radius 3 is 1.77 bits per heavy atom. The highest BCUT2D eigenvalue weighted by Gasteiger charge is 2.22. The van der Waals surface area contributed by atoms with Crippen molar-refractivity contribution in [2.45, 2.75) is 0 Å². The second-order valence-electron chi connectivity index (χ2n) is 12.3. The van der Waals surface area contributed by atoms with E-state index in [1.54, 1.807) is 0 Å². The minimum Gasteiger partial charge on any atom is -0.456 e. The van der Waals surface area contributed by atoms with Crippen molar-refractivity contribution >= 4 is 43.1 Å². The molecular formula is C44H24N2O. The fourth-order valence-corrected chi connectivity index (χ4v) is 7.50. The first-order valence-corrected chi connectivity index (χ1v) is 15.7. The molecule has 0 fully saturated rings. The van der Waals surface area contributed by atoms with Crippen molar-refractivity contribution in [3.05, 3.63) is 151 Å². The first-order valence-electron chi connectivity index (χ1n) is 15.7. The fraction of sp³-hybridized carbons (Fsp3) is 0. The Bertz CT molecular complexity index is 2690. The third kappa shape index (κ3) is 3.89. The smallest absolute Gasteiger partial charge is 0.136 e. The van der Waals surface area contributed by atoms with Crippen molar-refractivity contribution in [3.63, 3.8) is 0 Å². The summed E-state index contributed by atoms with van der Waals surface area (Å²) in [5.74, 6) is 1.55. The Morgan fingerprint density at radius 1 is 0.468 bits per heavy atom. The van der Waals surface area contributed by atoms with E-state index in [1.807, 2.05) is 48.8 Å². The lowest BCUT2D eigenvalue weighted by Gasteiger charge is -2.22. The molecule has 47 heavy (non-hydrogen) atoms.